The molecule has 27 heavy (non-hydrogen) atoms. The highest BCUT2D eigenvalue weighted by Crippen LogP contribution is 2.18. The third-order valence-electron chi connectivity index (χ3n) is 4.13. The molecule has 3 aromatic rings. The van der Waals surface area contributed by atoms with Crippen molar-refractivity contribution in [1.29, 1.82) is 0 Å². The van der Waals surface area contributed by atoms with Crippen LogP contribution >= 0.6 is 11.8 Å². The summed E-state index contributed by atoms with van der Waals surface area (Å²) < 4.78 is 7.23. The zero-order valence-electron chi connectivity index (χ0n) is 15.4. The molecule has 0 saturated heterocycles. The highest BCUT2D eigenvalue weighted by atomic mass is 32.2. The maximum atomic E-state index is 12.2. The van der Waals surface area contributed by atoms with Crippen LogP contribution in [0.1, 0.15) is 17.0 Å². The first-order valence-corrected chi connectivity index (χ1v) is 9.59. The van der Waals surface area contributed by atoms with Gasteiger partial charge in [-0.2, -0.15) is 0 Å². The Morgan fingerprint density at radius 3 is 2.63 bits per heavy atom. The number of carbonyl (C=O) groups is 1. The Bertz CT molecular complexity index is 896. The van der Waals surface area contributed by atoms with Crippen molar-refractivity contribution >= 4 is 17.7 Å². The van der Waals surface area contributed by atoms with Crippen LogP contribution < -0.4 is 10.1 Å². The van der Waals surface area contributed by atoms with E-state index in [1.807, 2.05) is 54.1 Å². The smallest absolute Gasteiger partial charge is 0.230 e. The fourth-order valence-electron chi connectivity index (χ4n) is 2.63. The molecule has 0 aliphatic rings. The third-order valence-corrected chi connectivity index (χ3v) is 5.15. The van der Waals surface area contributed by atoms with E-state index >= 15 is 0 Å². The van der Waals surface area contributed by atoms with E-state index in [2.05, 4.69) is 27.6 Å². The summed E-state index contributed by atoms with van der Waals surface area (Å²) in [5.74, 6) is 1.87. The van der Waals surface area contributed by atoms with Crippen molar-refractivity contribution in [3.63, 3.8) is 0 Å². The second kappa shape index (κ2) is 9.23. The van der Waals surface area contributed by atoms with Crippen molar-refractivity contribution in [3.05, 3.63) is 71.5 Å². The predicted molar refractivity (Wildman–Crippen MR) is 106 cm³/mol. The summed E-state index contributed by atoms with van der Waals surface area (Å²) >= 11 is 1.38. The van der Waals surface area contributed by atoms with Crippen LogP contribution in [0, 0.1) is 0 Å². The number of rotatable bonds is 8. The summed E-state index contributed by atoms with van der Waals surface area (Å²) in [7, 11) is 3.55. The lowest BCUT2D eigenvalue weighted by molar-refractivity contribution is -0.118. The summed E-state index contributed by atoms with van der Waals surface area (Å²) in [5, 5.41) is 12.1. The summed E-state index contributed by atoms with van der Waals surface area (Å²) in [6.07, 6.45) is 0.713. The number of hydrogen-bond donors (Lipinski definition) is 1. The van der Waals surface area contributed by atoms with Gasteiger partial charge in [-0.3, -0.25) is 4.79 Å². The molecule has 0 aliphatic heterocycles. The normalized spacial score (nSPS) is 10.6. The van der Waals surface area contributed by atoms with Gasteiger partial charge in [-0.15, -0.1) is 10.2 Å². The molecule has 1 amide bonds. The zero-order chi connectivity index (χ0) is 19.1. The average molecular weight is 382 g/mol. The number of methoxy groups -OCH3 is 1. The molecular weight excluding hydrogens is 360 g/mol. The molecule has 0 atom stereocenters. The number of carbonyl (C=O) groups excluding carboxylic acids is 1. The maximum absolute atomic E-state index is 12.2. The van der Waals surface area contributed by atoms with Crippen molar-refractivity contribution in [2.24, 2.45) is 7.05 Å². The molecule has 0 fully saturated rings. The minimum absolute atomic E-state index is 0.0569. The molecule has 0 saturated carbocycles. The lowest BCUT2D eigenvalue weighted by Crippen LogP contribution is -2.25. The van der Waals surface area contributed by atoms with Crippen molar-refractivity contribution in [1.82, 2.24) is 20.1 Å². The quantitative estimate of drug-likeness (QED) is 0.607. The molecule has 1 aromatic heterocycles. The van der Waals surface area contributed by atoms with E-state index in [1.165, 1.54) is 17.3 Å². The molecule has 3 rings (SSSR count). The Hall–Kier alpha value is -2.80. The van der Waals surface area contributed by atoms with Crippen molar-refractivity contribution in [3.8, 4) is 5.75 Å². The monoisotopic (exact) mass is 382 g/mol. The van der Waals surface area contributed by atoms with Gasteiger partial charge in [0.05, 0.1) is 12.9 Å². The Morgan fingerprint density at radius 1 is 1.11 bits per heavy atom. The van der Waals surface area contributed by atoms with Crippen molar-refractivity contribution in [2.75, 3.05) is 12.9 Å². The molecule has 140 valence electrons. The number of nitrogens with one attached hydrogen (secondary N) is 1. The van der Waals surface area contributed by atoms with Gasteiger partial charge in [-0.25, -0.2) is 0 Å². The highest BCUT2D eigenvalue weighted by molar-refractivity contribution is 7.99. The van der Waals surface area contributed by atoms with Crippen molar-refractivity contribution in [2.45, 2.75) is 18.1 Å². The van der Waals surface area contributed by atoms with Crippen LogP contribution in [0.3, 0.4) is 0 Å². The summed E-state index contributed by atoms with van der Waals surface area (Å²) in [6, 6.07) is 17.8. The average Bonchev–Trinajstić information content (AvgIpc) is 3.05. The lowest BCUT2D eigenvalue weighted by Gasteiger charge is -2.09. The Kier molecular flexibility index (Phi) is 6.49. The fourth-order valence-corrected chi connectivity index (χ4v) is 3.39. The number of ether oxygens (including phenoxy) is 1. The van der Waals surface area contributed by atoms with Gasteiger partial charge in [0, 0.05) is 25.6 Å². The van der Waals surface area contributed by atoms with E-state index in [0.717, 1.165) is 22.3 Å². The maximum Gasteiger partial charge on any atom is 0.230 e. The number of aromatic nitrogens is 3. The lowest BCUT2D eigenvalue weighted by atomic mass is 10.1. The summed E-state index contributed by atoms with van der Waals surface area (Å²) in [6.45, 7) is 0.432. The molecule has 1 heterocycles. The van der Waals surface area contributed by atoms with Crippen molar-refractivity contribution < 1.29 is 9.53 Å². The zero-order valence-corrected chi connectivity index (χ0v) is 16.2. The Balaban J connectivity index is 1.52. The number of nitrogens with zero attached hydrogens (tertiary/aromatic N) is 3. The van der Waals surface area contributed by atoms with E-state index in [1.54, 1.807) is 7.11 Å². The van der Waals surface area contributed by atoms with Gasteiger partial charge < -0.3 is 14.6 Å². The number of benzene rings is 2. The van der Waals surface area contributed by atoms with Gasteiger partial charge in [0.15, 0.2) is 5.16 Å². The van der Waals surface area contributed by atoms with Gasteiger partial charge >= 0.3 is 0 Å². The molecule has 0 unspecified atom stereocenters. The molecule has 7 heteroatoms. The van der Waals surface area contributed by atoms with E-state index in [0.29, 0.717) is 13.0 Å². The van der Waals surface area contributed by atoms with Crippen LogP contribution in [0.5, 0.6) is 5.75 Å². The molecule has 0 aliphatic carbocycles. The number of para-hydroxylation sites is 1. The van der Waals surface area contributed by atoms with E-state index in [9.17, 15) is 4.79 Å². The topological polar surface area (TPSA) is 69.0 Å². The Morgan fingerprint density at radius 2 is 1.85 bits per heavy atom. The minimum atomic E-state index is -0.0569. The molecule has 6 nitrogen and oxygen atoms in total. The van der Waals surface area contributed by atoms with Gasteiger partial charge in [0.1, 0.15) is 11.6 Å². The third kappa shape index (κ3) is 5.10. The predicted octanol–water partition coefficient (Wildman–Crippen LogP) is 2.82. The largest absolute Gasteiger partial charge is 0.496 e. The van der Waals surface area contributed by atoms with E-state index in [4.69, 9.17) is 4.74 Å². The second-order valence-electron chi connectivity index (χ2n) is 6.00. The first kappa shape index (κ1) is 19.0. The minimum Gasteiger partial charge on any atom is -0.496 e. The van der Waals surface area contributed by atoms with Gasteiger partial charge in [0.25, 0.3) is 0 Å². The number of hydrogen-bond acceptors (Lipinski definition) is 5. The molecule has 1 N–H and O–H groups in total. The molecule has 2 aromatic carbocycles. The Labute approximate surface area is 163 Å². The van der Waals surface area contributed by atoms with Crippen LogP contribution in [-0.4, -0.2) is 33.5 Å². The van der Waals surface area contributed by atoms with Crippen LogP contribution in [0.2, 0.25) is 0 Å². The van der Waals surface area contributed by atoms with Crippen LogP contribution in [0.25, 0.3) is 0 Å². The van der Waals surface area contributed by atoms with E-state index in [-0.39, 0.29) is 11.7 Å². The second-order valence-corrected chi connectivity index (χ2v) is 6.94. The first-order valence-electron chi connectivity index (χ1n) is 8.61. The SMILES string of the molecule is COc1ccccc1CNC(=O)CSc1nnc(Cc2ccccc2)n1C. The first-order chi connectivity index (χ1) is 13.2. The molecule has 0 spiro atoms. The fraction of sp³-hybridized carbons (Fsp3) is 0.250. The summed E-state index contributed by atoms with van der Waals surface area (Å²) in [5.41, 5.74) is 2.13. The molecular formula is C20H22N4O2S. The van der Waals surface area contributed by atoms with Gasteiger partial charge in [0.2, 0.25) is 5.91 Å². The van der Waals surface area contributed by atoms with Gasteiger partial charge in [-0.05, 0) is 11.6 Å². The molecule has 0 radical (unpaired) electrons. The molecule has 0 bridgehead atoms. The van der Waals surface area contributed by atoms with Crippen LogP contribution in [0.15, 0.2) is 59.8 Å². The standard InChI is InChI=1S/C20H22N4O2S/c1-24-18(12-15-8-4-3-5-9-15)22-23-20(24)27-14-19(25)21-13-16-10-6-7-11-17(16)26-2/h3-11H,12-14H2,1-2H3,(H,21,25). The van der Waals surface area contributed by atoms with Crippen LogP contribution in [-0.2, 0) is 24.8 Å². The highest BCUT2D eigenvalue weighted by Gasteiger charge is 2.12. The van der Waals surface area contributed by atoms with E-state index < -0.39 is 0 Å². The summed E-state index contributed by atoms with van der Waals surface area (Å²) in [4.78, 5) is 12.2. The van der Waals surface area contributed by atoms with Gasteiger partial charge in [-0.1, -0.05) is 60.3 Å². The number of thioether (sulfide) groups is 1. The number of amides is 1. The van der Waals surface area contributed by atoms with Crippen LogP contribution in [0.4, 0.5) is 0 Å².